The van der Waals surface area contributed by atoms with Gasteiger partial charge in [0.25, 0.3) is 0 Å². The minimum Gasteiger partial charge on any atom is -0.353 e. The summed E-state index contributed by atoms with van der Waals surface area (Å²) in [7, 11) is 0. The van der Waals surface area contributed by atoms with Crippen molar-refractivity contribution in [3.63, 3.8) is 0 Å². The van der Waals surface area contributed by atoms with Crippen LogP contribution in [0.15, 0.2) is 48.9 Å². The van der Waals surface area contributed by atoms with E-state index in [1.165, 1.54) is 12.3 Å². The highest BCUT2D eigenvalue weighted by Gasteiger charge is 2.19. The molecule has 1 saturated heterocycles. The van der Waals surface area contributed by atoms with E-state index in [4.69, 9.17) is 11.6 Å². The summed E-state index contributed by atoms with van der Waals surface area (Å²) in [6, 6.07) is 8.35. The SMILES string of the molecule is O=C(CN1CCNCC1)Nc1cc(-c2[nH]c3cc(Cl)cnc3c2-c2ccc(F)cn2)ccn1. The van der Waals surface area contributed by atoms with Crippen molar-refractivity contribution in [2.45, 2.75) is 0 Å². The van der Waals surface area contributed by atoms with Crippen LogP contribution in [0.25, 0.3) is 33.5 Å². The molecule has 33 heavy (non-hydrogen) atoms. The largest absolute Gasteiger partial charge is 0.353 e. The van der Waals surface area contributed by atoms with Gasteiger partial charge in [-0.05, 0) is 30.3 Å². The van der Waals surface area contributed by atoms with Gasteiger partial charge in [-0.1, -0.05) is 11.6 Å². The van der Waals surface area contributed by atoms with Crippen molar-refractivity contribution in [1.82, 2.24) is 30.2 Å². The highest BCUT2D eigenvalue weighted by atomic mass is 35.5. The Balaban J connectivity index is 1.49. The molecule has 10 heteroatoms. The predicted octanol–water partition coefficient (Wildman–Crippen LogP) is 3.32. The Bertz CT molecular complexity index is 1300. The predicted molar refractivity (Wildman–Crippen MR) is 125 cm³/mol. The lowest BCUT2D eigenvalue weighted by molar-refractivity contribution is -0.117. The number of aromatic nitrogens is 4. The summed E-state index contributed by atoms with van der Waals surface area (Å²) >= 11 is 6.14. The lowest BCUT2D eigenvalue weighted by Gasteiger charge is -2.26. The molecule has 0 aromatic carbocycles. The zero-order valence-electron chi connectivity index (χ0n) is 17.6. The maximum atomic E-state index is 13.5. The van der Waals surface area contributed by atoms with Crippen molar-refractivity contribution >= 4 is 34.4 Å². The highest BCUT2D eigenvalue weighted by molar-refractivity contribution is 6.31. The van der Waals surface area contributed by atoms with Gasteiger partial charge >= 0.3 is 0 Å². The summed E-state index contributed by atoms with van der Waals surface area (Å²) in [4.78, 5) is 31.0. The number of pyridine rings is 3. The van der Waals surface area contributed by atoms with Gasteiger partial charge in [0.05, 0.1) is 45.7 Å². The molecular formula is C23H21ClFN7O. The second-order valence-corrected chi connectivity index (χ2v) is 8.23. The Morgan fingerprint density at radius 3 is 2.76 bits per heavy atom. The van der Waals surface area contributed by atoms with Crippen molar-refractivity contribution in [2.75, 3.05) is 38.0 Å². The number of anilines is 1. The molecule has 1 fully saturated rings. The molecule has 1 amide bonds. The molecule has 4 aromatic heterocycles. The average molecular weight is 466 g/mol. The molecular weight excluding hydrogens is 445 g/mol. The molecule has 8 nitrogen and oxygen atoms in total. The molecule has 0 atom stereocenters. The molecule has 0 radical (unpaired) electrons. The third-order valence-corrected chi connectivity index (χ3v) is 5.68. The van der Waals surface area contributed by atoms with Gasteiger partial charge in [0, 0.05) is 44.1 Å². The summed E-state index contributed by atoms with van der Waals surface area (Å²) < 4.78 is 13.5. The van der Waals surface area contributed by atoms with Crippen molar-refractivity contribution < 1.29 is 9.18 Å². The van der Waals surface area contributed by atoms with Crippen molar-refractivity contribution in [3.8, 4) is 22.5 Å². The zero-order chi connectivity index (χ0) is 22.8. The van der Waals surface area contributed by atoms with Crippen LogP contribution in [-0.4, -0.2) is 63.5 Å². The lowest BCUT2D eigenvalue weighted by atomic mass is 10.0. The summed E-state index contributed by atoms with van der Waals surface area (Å²) in [5.74, 6) is -0.100. The number of fused-ring (bicyclic) bond motifs is 1. The quantitative estimate of drug-likeness (QED) is 0.418. The van der Waals surface area contributed by atoms with Crippen molar-refractivity contribution in [3.05, 3.63) is 59.8 Å². The number of H-pyrrole nitrogens is 1. The Kier molecular flexibility index (Phi) is 5.99. The lowest BCUT2D eigenvalue weighted by Crippen LogP contribution is -2.46. The maximum Gasteiger partial charge on any atom is 0.239 e. The number of aromatic amines is 1. The van der Waals surface area contributed by atoms with Crippen LogP contribution in [-0.2, 0) is 4.79 Å². The Hall–Kier alpha value is -3.40. The molecule has 0 aliphatic carbocycles. The molecule has 3 N–H and O–H groups in total. The van der Waals surface area contributed by atoms with Crippen LogP contribution in [0.1, 0.15) is 0 Å². The van der Waals surface area contributed by atoms with Gasteiger partial charge in [0.2, 0.25) is 5.91 Å². The van der Waals surface area contributed by atoms with E-state index in [2.05, 4.69) is 35.5 Å². The van der Waals surface area contributed by atoms with E-state index in [1.807, 2.05) is 6.07 Å². The number of carbonyl (C=O) groups excluding carboxylic acids is 1. The van der Waals surface area contributed by atoms with Crippen LogP contribution in [0.3, 0.4) is 0 Å². The van der Waals surface area contributed by atoms with Gasteiger partial charge in [-0.3, -0.25) is 19.7 Å². The summed E-state index contributed by atoms with van der Waals surface area (Å²) in [6.45, 7) is 3.73. The standard InChI is InChI=1S/C23H21ClFN7O/c24-15-10-18-23(29-11-15)21(17-2-1-16(25)12-28-17)22(30-18)14-3-4-27-19(9-14)31-20(33)13-32-7-5-26-6-8-32/h1-4,9-12,26,30H,5-8,13H2,(H,27,31,33). The number of hydrogen-bond acceptors (Lipinski definition) is 6. The second kappa shape index (κ2) is 9.22. The number of piperazine rings is 1. The third kappa shape index (κ3) is 4.70. The van der Waals surface area contributed by atoms with Crippen LogP contribution in [0.4, 0.5) is 10.2 Å². The maximum absolute atomic E-state index is 13.5. The van der Waals surface area contributed by atoms with Crippen LogP contribution in [0.5, 0.6) is 0 Å². The smallest absolute Gasteiger partial charge is 0.239 e. The summed E-state index contributed by atoms with van der Waals surface area (Å²) in [5, 5.41) is 6.64. The van der Waals surface area contributed by atoms with Crippen LogP contribution in [0.2, 0.25) is 5.02 Å². The van der Waals surface area contributed by atoms with Gasteiger partial charge in [0.1, 0.15) is 11.6 Å². The molecule has 5 rings (SSSR count). The van der Waals surface area contributed by atoms with Crippen molar-refractivity contribution in [2.24, 2.45) is 0 Å². The fourth-order valence-corrected chi connectivity index (χ4v) is 4.11. The first-order chi connectivity index (χ1) is 16.1. The molecule has 1 aliphatic heterocycles. The van der Waals surface area contributed by atoms with E-state index in [0.29, 0.717) is 34.2 Å². The number of rotatable bonds is 5. The van der Waals surface area contributed by atoms with Gasteiger partial charge < -0.3 is 15.6 Å². The molecule has 0 unspecified atom stereocenters. The average Bonchev–Trinajstić information content (AvgIpc) is 3.19. The van der Waals surface area contributed by atoms with Crippen LogP contribution in [0, 0.1) is 5.82 Å². The topological polar surface area (TPSA) is 98.8 Å². The molecule has 0 bridgehead atoms. The minimum atomic E-state index is -0.422. The number of carbonyl (C=O) groups is 1. The first kappa shape index (κ1) is 21.4. The normalized spacial score (nSPS) is 14.5. The Labute approximate surface area is 194 Å². The van der Waals surface area contributed by atoms with Crippen LogP contribution < -0.4 is 10.6 Å². The van der Waals surface area contributed by atoms with Gasteiger partial charge in [-0.15, -0.1) is 0 Å². The molecule has 5 heterocycles. The first-order valence-electron chi connectivity index (χ1n) is 10.6. The number of hydrogen-bond donors (Lipinski definition) is 3. The van der Waals surface area contributed by atoms with Crippen LogP contribution >= 0.6 is 11.6 Å². The third-order valence-electron chi connectivity index (χ3n) is 5.48. The van der Waals surface area contributed by atoms with E-state index in [-0.39, 0.29) is 5.91 Å². The highest BCUT2D eigenvalue weighted by Crippen LogP contribution is 2.37. The molecule has 0 saturated carbocycles. The fraction of sp³-hybridized carbons (Fsp3) is 0.217. The molecule has 0 spiro atoms. The van der Waals surface area contributed by atoms with Gasteiger partial charge in [0.15, 0.2) is 0 Å². The van der Waals surface area contributed by atoms with E-state index < -0.39 is 5.82 Å². The van der Waals surface area contributed by atoms with Crippen molar-refractivity contribution in [1.29, 1.82) is 0 Å². The Morgan fingerprint density at radius 1 is 1.12 bits per heavy atom. The first-order valence-corrected chi connectivity index (χ1v) is 10.9. The molecule has 1 aliphatic rings. The van der Waals surface area contributed by atoms with E-state index in [0.717, 1.165) is 43.0 Å². The fourth-order valence-electron chi connectivity index (χ4n) is 3.95. The number of nitrogens with zero attached hydrogens (tertiary/aromatic N) is 4. The number of amides is 1. The van der Waals surface area contributed by atoms with Gasteiger partial charge in [-0.25, -0.2) is 9.37 Å². The van der Waals surface area contributed by atoms with Gasteiger partial charge in [-0.2, -0.15) is 0 Å². The minimum absolute atomic E-state index is 0.118. The number of halogens is 2. The van der Waals surface area contributed by atoms with E-state index >= 15 is 0 Å². The van der Waals surface area contributed by atoms with E-state index in [1.54, 1.807) is 30.6 Å². The monoisotopic (exact) mass is 465 g/mol. The van der Waals surface area contributed by atoms with E-state index in [9.17, 15) is 9.18 Å². The molecule has 168 valence electrons. The summed E-state index contributed by atoms with van der Waals surface area (Å²) in [6.07, 6.45) is 4.36. The second-order valence-electron chi connectivity index (χ2n) is 7.79. The summed E-state index contributed by atoms with van der Waals surface area (Å²) in [5.41, 5.74) is 4.16. The Morgan fingerprint density at radius 2 is 1.97 bits per heavy atom. The molecule has 4 aromatic rings. The number of nitrogens with one attached hydrogen (secondary N) is 3. The zero-order valence-corrected chi connectivity index (χ0v) is 18.4.